The van der Waals surface area contributed by atoms with Gasteiger partial charge in [0.15, 0.2) is 0 Å². The molecule has 9 heteroatoms. The van der Waals surface area contributed by atoms with E-state index in [4.69, 9.17) is 9.26 Å². The number of aromatic nitrogens is 2. The topological polar surface area (TPSA) is 80.2 Å². The Kier molecular flexibility index (Phi) is 5.11. The Morgan fingerprint density at radius 2 is 1.94 bits per heavy atom. The number of carbonyl (C=O) groups is 1. The highest BCUT2D eigenvalue weighted by atomic mass is 19.4. The molecule has 4 aromatic rings. The number of rotatable bonds is 5. The molecule has 2 heterocycles. The lowest BCUT2D eigenvalue weighted by Crippen LogP contribution is -2.32. The number of halogens is 3. The zero-order valence-electron chi connectivity index (χ0n) is 17.6. The van der Waals surface area contributed by atoms with Gasteiger partial charge in [-0.15, -0.1) is 0 Å². The van der Waals surface area contributed by atoms with Gasteiger partial charge in [0, 0.05) is 17.1 Å². The molecule has 33 heavy (non-hydrogen) atoms. The molecule has 2 aromatic carbocycles. The number of ether oxygens (including phenoxy) is 1. The summed E-state index contributed by atoms with van der Waals surface area (Å²) in [4.78, 5) is 15.6. The van der Waals surface area contributed by atoms with Gasteiger partial charge in [-0.1, -0.05) is 17.3 Å². The summed E-state index contributed by atoms with van der Waals surface area (Å²) in [6, 6.07) is 10.9. The quantitative estimate of drug-likeness (QED) is 0.383. The van der Waals surface area contributed by atoms with Gasteiger partial charge in [0.2, 0.25) is 0 Å². The standard InChI is InChI=1S/C24H20F3N3O3/c1-13-20(11-29-33-13)23(31)30-22-12-28-21-7-6-17(10-19(21)22)32-18-8-15(9-18)14-2-4-16(5-3-14)24(25,26)27/h2-7,10-12,15,18,28H,8-9H2,1H3,(H,30,31). The van der Waals surface area contributed by atoms with Crippen molar-refractivity contribution in [1.82, 2.24) is 10.1 Å². The first-order valence-corrected chi connectivity index (χ1v) is 10.5. The molecular weight excluding hydrogens is 435 g/mol. The largest absolute Gasteiger partial charge is 0.490 e. The number of aromatic amines is 1. The number of H-pyrrole nitrogens is 1. The van der Waals surface area contributed by atoms with Crippen LogP contribution in [-0.4, -0.2) is 22.2 Å². The third-order valence-corrected chi connectivity index (χ3v) is 6.00. The van der Waals surface area contributed by atoms with Gasteiger partial charge in [-0.25, -0.2) is 0 Å². The monoisotopic (exact) mass is 455 g/mol. The van der Waals surface area contributed by atoms with Crippen LogP contribution in [0.2, 0.25) is 0 Å². The predicted molar refractivity (Wildman–Crippen MR) is 115 cm³/mol. The number of hydrogen-bond donors (Lipinski definition) is 2. The number of fused-ring (bicyclic) bond motifs is 1. The fraction of sp³-hybridized carbons (Fsp3) is 0.250. The summed E-state index contributed by atoms with van der Waals surface area (Å²) in [5.74, 6) is 0.952. The van der Waals surface area contributed by atoms with Gasteiger partial charge in [-0.3, -0.25) is 4.79 Å². The third kappa shape index (κ3) is 4.18. The average molecular weight is 455 g/mol. The molecule has 1 amide bonds. The van der Waals surface area contributed by atoms with E-state index >= 15 is 0 Å². The van der Waals surface area contributed by atoms with Crippen molar-refractivity contribution < 1.29 is 27.2 Å². The summed E-state index contributed by atoms with van der Waals surface area (Å²) >= 11 is 0. The van der Waals surface area contributed by atoms with Crippen molar-refractivity contribution in [2.24, 2.45) is 0 Å². The highest BCUT2D eigenvalue weighted by molar-refractivity contribution is 6.09. The number of alkyl halides is 3. The Labute approximate surface area is 186 Å². The predicted octanol–water partition coefficient (Wildman–Crippen LogP) is 6.06. The van der Waals surface area contributed by atoms with E-state index in [1.807, 2.05) is 18.2 Å². The number of hydrogen-bond acceptors (Lipinski definition) is 4. The summed E-state index contributed by atoms with van der Waals surface area (Å²) in [5.41, 5.74) is 2.06. The molecule has 0 unspecified atom stereocenters. The van der Waals surface area contributed by atoms with E-state index in [0.29, 0.717) is 22.8 Å². The van der Waals surface area contributed by atoms with Crippen LogP contribution in [0.5, 0.6) is 5.75 Å². The van der Waals surface area contributed by atoms with Gasteiger partial charge in [0.25, 0.3) is 5.91 Å². The second-order valence-corrected chi connectivity index (χ2v) is 8.19. The highest BCUT2D eigenvalue weighted by Gasteiger charge is 2.34. The molecule has 170 valence electrons. The molecule has 0 saturated heterocycles. The van der Waals surface area contributed by atoms with E-state index in [0.717, 1.165) is 41.4 Å². The number of nitrogens with one attached hydrogen (secondary N) is 2. The normalized spacial score (nSPS) is 18.2. The van der Waals surface area contributed by atoms with Crippen LogP contribution in [0.25, 0.3) is 10.9 Å². The van der Waals surface area contributed by atoms with Crippen LogP contribution in [-0.2, 0) is 6.18 Å². The van der Waals surface area contributed by atoms with Crippen LogP contribution >= 0.6 is 0 Å². The molecule has 0 spiro atoms. The van der Waals surface area contributed by atoms with Crippen molar-refractivity contribution in [2.45, 2.75) is 38.0 Å². The molecule has 1 aliphatic carbocycles. The summed E-state index contributed by atoms with van der Waals surface area (Å²) < 4.78 is 49.3. The van der Waals surface area contributed by atoms with Crippen LogP contribution < -0.4 is 10.1 Å². The van der Waals surface area contributed by atoms with Crippen LogP contribution in [0, 0.1) is 6.92 Å². The van der Waals surface area contributed by atoms with Crippen LogP contribution in [0.3, 0.4) is 0 Å². The molecule has 1 fully saturated rings. The average Bonchev–Trinajstić information content (AvgIpc) is 3.36. The Balaban J connectivity index is 1.24. The van der Waals surface area contributed by atoms with Crippen molar-refractivity contribution in [3.63, 3.8) is 0 Å². The molecule has 1 saturated carbocycles. The minimum Gasteiger partial charge on any atom is -0.490 e. The van der Waals surface area contributed by atoms with Crippen molar-refractivity contribution in [3.8, 4) is 5.75 Å². The summed E-state index contributed by atoms with van der Waals surface area (Å²) in [5, 5.41) is 7.28. The first kappa shape index (κ1) is 21.1. The van der Waals surface area contributed by atoms with Crippen molar-refractivity contribution in [2.75, 3.05) is 5.32 Å². The molecular formula is C24H20F3N3O3. The molecule has 0 bridgehead atoms. The van der Waals surface area contributed by atoms with E-state index in [-0.39, 0.29) is 17.9 Å². The summed E-state index contributed by atoms with van der Waals surface area (Å²) in [7, 11) is 0. The summed E-state index contributed by atoms with van der Waals surface area (Å²) in [6.07, 6.45) is 0.190. The number of benzene rings is 2. The van der Waals surface area contributed by atoms with Crippen molar-refractivity contribution in [3.05, 3.63) is 77.3 Å². The molecule has 2 aromatic heterocycles. The number of carbonyl (C=O) groups excluding carboxylic acids is 1. The molecule has 6 nitrogen and oxygen atoms in total. The first-order valence-electron chi connectivity index (χ1n) is 10.5. The number of aryl methyl sites for hydroxylation is 1. The van der Waals surface area contributed by atoms with E-state index < -0.39 is 11.7 Å². The Morgan fingerprint density at radius 3 is 2.61 bits per heavy atom. The highest BCUT2D eigenvalue weighted by Crippen LogP contribution is 2.41. The molecule has 1 aliphatic rings. The van der Waals surface area contributed by atoms with Gasteiger partial charge < -0.3 is 19.6 Å². The Morgan fingerprint density at radius 1 is 1.18 bits per heavy atom. The van der Waals surface area contributed by atoms with Gasteiger partial charge in [0.1, 0.15) is 17.1 Å². The zero-order chi connectivity index (χ0) is 23.2. The minimum atomic E-state index is -4.33. The first-order chi connectivity index (χ1) is 15.8. The van der Waals surface area contributed by atoms with Crippen molar-refractivity contribution >= 4 is 22.5 Å². The lowest BCUT2D eigenvalue weighted by atomic mass is 9.77. The SMILES string of the molecule is Cc1oncc1C(=O)Nc1c[nH]c2ccc(OC3CC(c4ccc(C(F)(F)F)cc4)C3)cc12. The fourth-order valence-corrected chi connectivity index (χ4v) is 4.05. The number of anilines is 1. The maximum Gasteiger partial charge on any atom is 0.416 e. The lowest BCUT2D eigenvalue weighted by molar-refractivity contribution is -0.137. The van der Waals surface area contributed by atoms with Gasteiger partial charge in [0.05, 0.1) is 23.6 Å². The fourth-order valence-electron chi connectivity index (χ4n) is 4.05. The molecule has 5 rings (SSSR count). The van der Waals surface area contributed by atoms with Crippen LogP contribution in [0.1, 0.15) is 46.0 Å². The lowest BCUT2D eigenvalue weighted by Gasteiger charge is -2.35. The minimum absolute atomic E-state index is 0.0219. The zero-order valence-corrected chi connectivity index (χ0v) is 17.6. The maximum atomic E-state index is 12.7. The third-order valence-electron chi connectivity index (χ3n) is 6.00. The van der Waals surface area contributed by atoms with Gasteiger partial charge >= 0.3 is 6.18 Å². The molecule has 0 aliphatic heterocycles. The van der Waals surface area contributed by atoms with E-state index in [9.17, 15) is 18.0 Å². The number of nitrogens with zero attached hydrogens (tertiary/aromatic N) is 1. The van der Waals surface area contributed by atoms with E-state index in [2.05, 4.69) is 15.5 Å². The van der Waals surface area contributed by atoms with Gasteiger partial charge in [-0.05, 0) is 61.6 Å². The van der Waals surface area contributed by atoms with E-state index in [1.54, 1.807) is 25.3 Å². The molecule has 2 N–H and O–H groups in total. The second kappa shape index (κ2) is 7.99. The molecule has 0 radical (unpaired) electrons. The maximum absolute atomic E-state index is 12.7. The molecule has 0 atom stereocenters. The number of amides is 1. The smallest absolute Gasteiger partial charge is 0.416 e. The van der Waals surface area contributed by atoms with Gasteiger partial charge in [-0.2, -0.15) is 13.2 Å². The van der Waals surface area contributed by atoms with Crippen molar-refractivity contribution in [1.29, 1.82) is 0 Å². The van der Waals surface area contributed by atoms with E-state index in [1.165, 1.54) is 6.20 Å². The van der Waals surface area contributed by atoms with Crippen LogP contribution in [0.4, 0.5) is 18.9 Å². The Hall–Kier alpha value is -3.75. The summed E-state index contributed by atoms with van der Waals surface area (Å²) in [6.45, 7) is 1.67. The second-order valence-electron chi connectivity index (χ2n) is 8.19. The Bertz CT molecular complexity index is 1300. The van der Waals surface area contributed by atoms with Crippen LogP contribution in [0.15, 0.2) is 59.4 Å².